The number of nitrogens with one attached hydrogen (secondary N) is 2. The van der Waals surface area contributed by atoms with Gasteiger partial charge in [-0.2, -0.15) is 0 Å². The van der Waals surface area contributed by atoms with Gasteiger partial charge in [0, 0.05) is 26.2 Å². The fourth-order valence-corrected chi connectivity index (χ4v) is 3.38. The summed E-state index contributed by atoms with van der Waals surface area (Å²) in [4.78, 5) is 24.1. The van der Waals surface area contributed by atoms with Crippen LogP contribution in [0.2, 0.25) is 0 Å². The average molecular weight is 391 g/mol. The molecule has 0 aliphatic carbocycles. The highest BCUT2D eigenvalue weighted by Gasteiger charge is 2.35. The molecule has 1 fully saturated rings. The highest BCUT2D eigenvalue weighted by Crippen LogP contribution is 2.32. The number of rotatable bonds is 8. The molecule has 2 rings (SSSR count). The van der Waals surface area contributed by atoms with Gasteiger partial charge in [0.25, 0.3) is 0 Å². The van der Waals surface area contributed by atoms with Gasteiger partial charge in [-0.25, -0.2) is 4.79 Å². The largest absolute Gasteiger partial charge is 0.444 e. The van der Waals surface area contributed by atoms with Crippen molar-refractivity contribution in [2.45, 2.75) is 70.4 Å². The van der Waals surface area contributed by atoms with Gasteiger partial charge in [0.15, 0.2) is 0 Å². The number of hydrogen-bond donors (Lipinski definition) is 2. The monoisotopic (exact) mass is 390 g/mol. The van der Waals surface area contributed by atoms with E-state index in [1.165, 1.54) is 0 Å². The second-order valence-corrected chi connectivity index (χ2v) is 8.35. The number of benzene rings is 1. The molecule has 6 nitrogen and oxygen atoms in total. The van der Waals surface area contributed by atoms with Crippen LogP contribution in [0.4, 0.5) is 4.79 Å². The van der Waals surface area contributed by atoms with E-state index in [1.54, 1.807) is 0 Å². The zero-order valence-electron chi connectivity index (χ0n) is 17.4. The molecular weight excluding hydrogens is 356 g/mol. The second-order valence-electron chi connectivity index (χ2n) is 8.35. The van der Waals surface area contributed by atoms with Crippen LogP contribution in [0.3, 0.4) is 0 Å². The predicted molar refractivity (Wildman–Crippen MR) is 109 cm³/mol. The van der Waals surface area contributed by atoms with E-state index in [2.05, 4.69) is 22.8 Å². The maximum absolute atomic E-state index is 12.5. The van der Waals surface area contributed by atoms with Crippen LogP contribution in [0, 0.1) is 0 Å². The first-order valence-electron chi connectivity index (χ1n) is 10.2. The minimum atomic E-state index is -0.485. The van der Waals surface area contributed by atoms with Crippen LogP contribution in [0.1, 0.15) is 64.9 Å². The van der Waals surface area contributed by atoms with Crippen LogP contribution in [0.5, 0.6) is 0 Å². The van der Waals surface area contributed by atoms with Crippen LogP contribution >= 0.6 is 0 Å². The number of ether oxygens (including phenoxy) is 2. The van der Waals surface area contributed by atoms with Crippen molar-refractivity contribution in [3.8, 4) is 0 Å². The molecule has 2 amide bonds. The Labute approximate surface area is 168 Å². The van der Waals surface area contributed by atoms with Crippen molar-refractivity contribution >= 4 is 12.0 Å². The number of alkyl carbamates (subject to hydrolysis) is 1. The Balaban J connectivity index is 1.70. The van der Waals surface area contributed by atoms with Crippen molar-refractivity contribution < 1.29 is 19.1 Å². The van der Waals surface area contributed by atoms with Gasteiger partial charge < -0.3 is 20.1 Å². The molecule has 0 atom stereocenters. The Morgan fingerprint density at radius 1 is 1.07 bits per heavy atom. The SMILES string of the molecule is CC(C)(C)OC(=O)NCCCCCC(=O)NC1(c2ccccc2)CCOCC1. The summed E-state index contributed by atoms with van der Waals surface area (Å²) in [5.41, 5.74) is 0.337. The Morgan fingerprint density at radius 2 is 1.75 bits per heavy atom. The summed E-state index contributed by atoms with van der Waals surface area (Å²) in [5.74, 6) is 0.0749. The van der Waals surface area contributed by atoms with Gasteiger partial charge in [0.2, 0.25) is 5.91 Å². The Kier molecular flexibility index (Phi) is 8.30. The van der Waals surface area contributed by atoms with Crippen molar-refractivity contribution in [1.82, 2.24) is 10.6 Å². The highest BCUT2D eigenvalue weighted by molar-refractivity contribution is 5.77. The zero-order chi connectivity index (χ0) is 20.5. The lowest BCUT2D eigenvalue weighted by Gasteiger charge is -2.38. The van der Waals surface area contributed by atoms with E-state index in [9.17, 15) is 9.59 Å². The van der Waals surface area contributed by atoms with E-state index in [-0.39, 0.29) is 11.4 Å². The van der Waals surface area contributed by atoms with Gasteiger partial charge in [0.05, 0.1) is 5.54 Å². The summed E-state index contributed by atoms with van der Waals surface area (Å²) in [5, 5.41) is 6.02. The normalized spacial score (nSPS) is 16.2. The Bertz CT molecular complexity index is 619. The van der Waals surface area contributed by atoms with Gasteiger partial charge in [-0.05, 0) is 52.0 Å². The van der Waals surface area contributed by atoms with Gasteiger partial charge in [-0.15, -0.1) is 0 Å². The van der Waals surface area contributed by atoms with E-state index in [0.29, 0.717) is 26.2 Å². The molecule has 2 N–H and O–H groups in total. The molecule has 6 heteroatoms. The van der Waals surface area contributed by atoms with E-state index in [1.807, 2.05) is 39.0 Å². The van der Waals surface area contributed by atoms with Crippen molar-refractivity contribution in [2.75, 3.05) is 19.8 Å². The van der Waals surface area contributed by atoms with Gasteiger partial charge in [-0.3, -0.25) is 4.79 Å². The maximum Gasteiger partial charge on any atom is 0.407 e. The lowest BCUT2D eigenvalue weighted by molar-refractivity contribution is -0.124. The lowest BCUT2D eigenvalue weighted by atomic mass is 9.82. The quantitative estimate of drug-likeness (QED) is 0.660. The van der Waals surface area contributed by atoms with Gasteiger partial charge in [-0.1, -0.05) is 36.8 Å². The molecule has 0 radical (unpaired) electrons. The predicted octanol–water partition coefficient (Wildman–Crippen LogP) is 3.89. The van der Waals surface area contributed by atoms with E-state index >= 15 is 0 Å². The fraction of sp³-hybridized carbons (Fsp3) is 0.636. The number of hydrogen-bond acceptors (Lipinski definition) is 4. The molecule has 1 heterocycles. The van der Waals surface area contributed by atoms with Gasteiger partial charge in [0.1, 0.15) is 5.60 Å². The van der Waals surface area contributed by atoms with Crippen molar-refractivity contribution in [3.63, 3.8) is 0 Å². The molecule has 0 unspecified atom stereocenters. The number of carbonyl (C=O) groups is 2. The molecular formula is C22H34N2O4. The molecule has 28 heavy (non-hydrogen) atoms. The first-order chi connectivity index (χ1) is 13.3. The summed E-state index contributed by atoms with van der Waals surface area (Å²) in [6, 6.07) is 10.2. The van der Waals surface area contributed by atoms with Crippen molar-refractivity contribution in [2.24, 2.45) is 0 Å². The first kappa shape index (κ1) is 22.2. The summed E-state index contributed by atoms with van der Waals surface area (Å²) >= 11 is 0. The molecule has 1 aliphatic rings. The molecule has 0 aromatic heterocycles. The van der Waals surface area contributed by atoms with E-state index < -0.39 is 11.7 Å². The Hall–Kier alpha value is -2.08. The number of amides is 2. The third-order valence-electron chi connectivity index (χ3n) is 4.80. The summed E-state index contributed by atoms with van der Waals surface area (Å²) in [6.07, 6.45) is 4.18. The van der Waals surface area contributed by atoms with E-state index in [0.717, 1.165) is 37.7 Å². The van der Waals surface area contributed by atoms with Gasteiger partial charge >= 0.3 is 6.09 Å². The zero-order valence-corrected chi connectivity index (χ0v) is 17.4. The standard InChI is InChI=1S/C22H34N2O4/c1-21(2,3)28-20(26)23-15-9-5-8-12-19(25)24-22(13-16-27-17-14-22)18-10-6-4-7-11-18/h4,6-7,10-11H,5,8-9,12-17H2,1-3H3,(H,23,26)(H,24,25). The van der Waals surface area contributed by atoms with Crippen LogP contribution in [-0.4, -0.2) is 37.4 Å². The van der Waals surface area contributed by atoms with Crippen LogP contribution in [0.15, 0.2) is 30.3 Å². The van der Waals surface area contributed by atoms with Crippen LogP contribution in [-0.2, 0) is 19.8 Å². The molecule has 1 aromatic carbocycles. The van der Waals surface area contributed by atoms with Crippen molar-refractivity contribution in [3.05, 3.63) is 35.9 Å². The summed E-state index contributed by atoms with van der Waals surface area (Å²) in [6.45, 7) is 7.39. The van der Waals surface area contributed by atoms with Crippen molar-refractivity contribution in [1.29, 1.82) is 0 Å². The average Bonchev–Trinajstić information content (AvgIpc) is 2.64. The number of unbranched alkanes of at least 4 members (excludes halogenated alkanes) is 2. The fourth-order valence-electron chi connectivity index (χ4n) is 3.38. The second kappa shape index (κ2) is 10.5. The molecule has 0 spiro atoms. The van der Waals surface area contributed by atoms with E-state index in [4.69, 9.17) is 9.47 Å². The molecule has 1 aliphatic heterocycles. The summed E-state index contributed by atoms with van der Waals surface area (Å²) < 4.78 is 10.7. The highest BCUT2D eigenvalue weighted by atomic mass is 16.6. The Morgan fingerprint density at radius 3 is 2.39 bits per heavy atom. The molecule has 0 saturated carbocycles. The molecule has 1 saturated heterocycles. The summed E-state index contributed by atoms with van der Waals surface area (Å²) in [7, 11) is 0. The van der Waals surface area contributed by atoms with Crippen LogP contribution < -0.4 is 10.6 Å². The molecule has 1 aromatic rings. The molecule has 156 valence electrons. The van der Waals surface area contributed by atoms with Crippen LogP contribution in [0.25, 0.3) is 0 Å². The first-order valence-corrected chi connectivity index (χ1v) is 10.2. The molecule has 0 bridgehead atoms. The smallest absolute Gasteiger partial charge is 0.407 e. The number of carbonyl (C=O) groups excluding carboxylic acids is 2. The lowest BCUT2D eigenvalue weighted by Crippen LogP contribution is -2.49. The minimum Gasteiger partial charge on any atom is -0.444 e. The minimum absolute atomic E-state index is 0.0749. The topological polar surface area (TPSA) is 76.7 Å². The maximum atomic E-state index is 12.5. The third-order valence-corrected chi connectivity index (χ3v) is 4.80. The third kappa shape index (κ3) is 7.50.